The van der Waals surface area contributed by atoms with E-state index in [9.17, 15) is 44.7 Å². The lowest BCUT2D eigenvalue weighted by molar-refractivity contribution is -0.171. The first-order chi connectivity index (χ1) is 20.0. The van der Waals surface area contributed by atoms with E-state index in [0.29, 0.717) is 16.8 Å². The number of aromatic hydroxyl groups is 1. The van der Waals surface area contributed by atoms with Crippen LogP contribution in [0.1, 0.15) is 34.8 Å². The van der Waals surface area contributed by atoms with Crippen molar-refractivity contribution in [3.63, 3.8) is 0 Å². The van der Waals surface area contributed by atoms with Crippen molar-refractivity contribution in [2.45, 2.75) is 31.4 Å². The number of hydrogen-bond acceptors (Lipinski definition) is 10. The molecule has 0 unspecified atom stereocenters. The Balaban J connectivity index is 1.78. The zero-order valence-corrected chi connectivity index (χ0v) is 24.3. The van der Waals surface area contributed by atoms with Gasteiger partial charge in [0, 0.05) is 36.3 Å². The molecule has 3 aliphatic rings. The number of carboxylic acid groups (broad SMARTS) is 1. The minimum absolute atomic E-state index is 0.0381. The number of hydrogen-bond donors (Lipinski definition) is 6. The number of aliphatic hydroxyl groups excluding tert-OH is 2. The molecule has 1 saturated carbocycles. The Bertz CT molecular complexity index is 1690. The zero-order chi connectivity index (χ0) is 31.9. The van der Waals surface area contributed by atoms with Crippen LogP contribution in [0.15, 0.2) is 47.2 Å². The number of carboxylic acids is 1. The highest BCUT2D eigenvalue weighted by molar-refractivity contribution is 6.25. The summed E-state index contributed by atoms with van der Waals surface area (Å²) in [6.07, 6.45) is 0.0811. The third-order valence-electron chi connectivity index (χ3n) is 9.17. The number of nitrogens with zero attached hydrogens (tertiary/aromatic N) is 2. The van der Waals surface area contributed by atoms with Gasteiger partial charge in [-0.25, -0.2) is 4.79 Å². The lowest BCUT2D eigenvalue weighted by atomic mass is 9.50. The SMILES string of the molecule is CN(C)c1cc(-c2ccc(C(=O)O)cc2)c(O)c2c1C[C@H]1C[C@@]3(C)[C@@H](N(C)C)C(=O)C(C(N)=O)=C(O)[C@@]3(O)C(=O)C1=C2O. The zero-order valence-electron chi connectivity index (χ0n) is 24.3. The highest BCUT2D eigenvalue weighted by Crippen LogP contribution is 2.59. The van der Waals surface area contributed by atoms with Gasteiger partial charge in [0.15, 0.2) is 11.4 Å². The van der Waals surface area contributed by atoms with E-state index < -0.39 is 63.5 Å². The van der Waals surface area contributed by atoms with Gasteiger partial charge in [-0.2, -0.15) is 0 Å². The van der Waals surface area contributed by atoms with Gasteiger partial charge in [-0.15, -0.1) is 0 Å². The molecule has 0 aromatic heterocycles. The molecule has 0 heterocycles. The number of anilines is 1. The summed E-state index contributed by atoms with van der Waals surface area (Å²) >= 11 is 0. The van der Waals surface area contributed by atoms with Gasteiger partial charge in [-0.1, -0.05) is 19.1 Å². The summed E-state index contributed by atoms with van der Waals surface area (Å²) in [6, 6.07) is 6.24. The largest absolute Gasteiger partial charge is 0.508 e. The molecule has 226 valence electrons. The number of fused-ring (bicyclic) bond motifs is 3. The molecule has 1 fully saturated rings. The van der Waals surface area contributed by atoms with Crippen LogP contribution in [0, 0.1) is 11.3 Å². The van der Waals surface area contributed by atoms with Crippen LogP contribution in [-0.2, 0) is 20.8 Å². The number of phenols is 1. The summed E-state index contributed by atoms with van der Waals surface area (Å²) in [6.45, 7) is 1.49. The fourth-order valence-electron chi connectivity index (χ4n) is 7.28. The van der Waals surface area contributed by atoms with Crippen molar-refractivity contribution in [3.05, 3.63) is 63.9 Å². The predicted molar refractivity (Wildman–Crippen MR) is 156 cm³/mol. The number of benzene rings is 2. The normalized spacial score (nSPS) is 26.7. The van der Waals surface area contributed by atoms with Crippen LogP contribution in [0.25, 0.3) is 16.9 Å². The van der Waals surface area contributed by atoms with Gasteiger partial charge in [-0.05, 0) is 62.2 Å². The molecule has 12 heteroatoms. The fourth-order valence-corrected chi connectivity index (χ4v) is 7.28. The van der Waals surface area contributed by atoms with Gasteiger partial charge < -0.3 is 36.2 Å². The quantitative estimate of drug-likeness (QED) is 0.277. The van der Waals surface area contributed by atoms with Crippen molar-refractivity contribution in [1.29, 1.82) is 0 Å². The minimum Gasteiger partial charge on any atom is -0.508 e. The average Bonchev–Trinajstić information content (AvgIpc) is 2.90. The number of aliphatic hydroxyl groups is 3. The number of carbonyl (C=O) groups excluding carboxylic acids is 3. The number of nitrogens with two attached hydrogens (primary N) is 1. The van der Waals surface area contributed by atoms with Crippen LogP contribution in [0.4, 0.5) is 5.69 Å². The lowest BCUT2D eigenvalue weighted by Crippen LogP contribution is -2.71. The Labute approximate surface area is 247 Å². The Morgan fingerprint density at radius 3 is 2.14 bits per heavy atom. The Morgan fingerprint density at radius 2 is 1.63 bits per heavy atom. The van der Waals surface area contributed by atoms with E-state index >= 15 is 0 Å². The van der Waals surface area contributed by atoms with Crippen molar-refractivity contribution in [1.82, 2.24) is 4.90 Å². The summed E-state index contributed by atoms with van der Waals surface area (Å²) in [4.78, 5) is 54.6. The summed E-state index contributed by atoms with van der Waals surface area (Å²) in [5.74, 6) is -7.24. The van der Waals surface area contributed by atoms with Gasteiger partial charge in [0.05, 0.1) is 17.2 Å². The van der Waals surface area contributed by atoms with Gasteiger partial charge >= 0.3 is 5.97 Å². The number of Topliss-reactive ketones (excluding diaryl/α,β-unsaturated/α-hetero) is 2. The summed E-state index contributed by atoms with van der Waals surface area (Å²) < 4.78 is 0. The number of likely N-dealkylation sites (N-methyl/N-ethyl adjacent to an activating group) is 1. The second-order valence-corrected chi connectivity index (χ2v) is 12.1. The molecule has 12 nitrogen and oxygen atoms in total. The minimum atomic E-state index is -2.79. The first-order valence-corrected chi connectivity index (χ1v) is 13.5. The van der Waals surface area contributed by atoms with Gasteiger partial charge in [0.1, 0.15) is 22.8 Å². The number of ketones is 2. The first kappa shape index (κ1) is 29.8. The van der Waals surface area contributed by atoms with Crippen LogP contribution in [0.3, 0.4) is 0 Å². The third kappa shape index (κ3) is 3.90. The Hall–Kier alpha value is -4.68. The number of primary amides is 1. The second-order valence-electron chi connectivity index (χ2n) is 12.1. The van der Waals surface area contributed by atoms with Crippen molar-refractivity contribution >= 4 is 34.9 Å². The maximum atomic E-state index is 14.3. The van der Waals surface area contributed by atoms with Crippen molar-refractivity contribution in [3.8, 4) is 16.9 Å². The van der Waals surface area contributed by atoms with E-state index in [4.69, 9.17) is 5.73 Å². The van der Waals surface area contributed by atoms with E-state index in [2.05, 4.69) is 0 Å². The van der Waals surface area contributed by atoms with Crippen LogP contribution in [0.5, 0.6) is 5.75 Å². The third-order valence-corrected chi connectivity index (χ3v) is 9.17. The standard InChI is InChI=1S/C31H33N3O9/c1-30-12-15-10-17-18(33(2)3)11-16(13-6-8-14(9-7-13)29(41)42)22(35)20(17)23(36)19(15)26(38)31(30,43)27(39)21(28(32)40)24(37)25(30)34(4)5/h6-9,11,15,25,35-36,39,43H,10,12H2,1-5H3,(H2,32,40)(H,41,42)/t15-,25-,30-,31-/m0/s1. The molecule has 5 rings (SSSR count). The number of phenolic OH excluding ortho intramolecular Hbond substituents is 1. The summed E-state index contributed by atoms with van der Waals surface area (Å²) in [5, 5.41) is 55.7. The number of aromatic carboxylic acids is 1. The van der Waals surface area contributed by atoms with Crippen molar-refractivity contribution < 1.29 is 44.7 Å². The molecule has 0 spiro atoms. The fraction of sp³-hybridized carbons (Fsp3) is 0.355. The van der Waals surface area contributed by atoms with E-state index in [-0.39, 0.29) is 40.9 Å². The van der Waals surface area contributed by atoms with Crippen LogP contribution < -0.4 is 10.6 Å². The van der Waals surface area contributed by atoms with Crippen molar-refractivity contribution in [2.24, 2.45) is 17.1 Å². The number of rotatable bonds is 5. The molecule has 1 amide bonds. The molecule has 0 bridgehead atoms. The molecular weight excluding hydrogens is 558 g/mol. The van der Waals surface area contributed by atoms with Gasteiger partial charge in [-0.3, -0.25) is 19.3 Å². The molecule has 0 radical (unpaired) electrons. The molecule has 0 saturated heterocycles. The van der Waals surface area contributed by atoms with Gasteiger partial charge in [0.25, 0.3) is 5.91 Å². The monoisotopic (exact) mass is 591 g/mol. The van der Waals surface area contributed by atoms with Gasteiger partial charge in [0.2, 0.25) is 5.78 Å². The molecule has 4 atom stereocenters. The van der Waals surface area contributed by atoms with Crippen LogP contribution in [0.2, 0.25) is 0 Å². The number of amides is 1. The predicted octanol–water partition coefficient (Wildman–Crippen LogP) is 1.79. The summed E-state index contributed by atoms with van der Waals surface area (Å²) in [5.41, 5.74) is 1.66. The average molecular weight is 592 g/mol. The topological polar surface area (TPSA) is 202 Å². The Morgan fingerprint density at radius 1 is 1.02 bits per heavy atom. The molecule has 0 aliphatic heterocycles. The van der Waals surface area contributed by atoms with Crippen LogP contribution in [-0.4, -0.2) is 93.7 Å². The maximum absolute atomic E-state index is 14.3. The molecular formula is C31H33N3O9. The molecule has 2 aromatic carbocycles. The van der Waals surface area contributed by atoms with E-state index in [1.807, 2.05) is 0 Å². The smallest absolute Gasteiger partial charge is 0.335 e. The van der Waals surface area contributed by atoms with E-state index in [0.717, 1.165) is 0 Å². The maximum Gasteiger partial charge on any atom is 0.335 e. The highest BCUT2D eigenvalue weighted by Gasteiger charge is 2.70. The van der Waals surface area contributed by atoms with E-state index in [1.165, 1.54) is 36.1 Å². The highest BCUT2D eigenvalue weighted by atomic mass is 16.4. The molecule has 3 aliphatic carbocycles. The van der Waals surface area contributed by atoms with Crippen molar-refractivity contribution in [2.75, 3.05) is 33.1 Å². The first-order valence-electron chi connectivity index (χ1n) is 13.5. The molecule has 7 N–H and O–H groups in total. The Kier molecular flexibility index (Phi) is 6.71. The second kappa shape index (κ2) is 9.68. The van der Waals surface area contributed by atoms with Crippen LogP contribution >= 0.6 is 0 Å². The lowest BCUT2D eigenvalue weighted by Gasteiger charge is -2.57. The molecule has 43 heavy (non-hydrogen) atoms. The number of carbonyl (C=O) groups is 4. The summed E-state index contributed by atoms with van der Waals surface area (Å²) in [7, 11) is 6.63. The van der Waals surface area contributed by atoms with E-state index in [1.54, 1.807) is 39.2 Å². The molecule has 2 aromatic rings.